The lowest BCUT2D eigenvalue weighted by molar-refractivity contribution is -0.139. The molecule has 3 fully saturated rings. The maximum Gasteiger partial charge on any atom is 0.255 e. The number of amides is 4. The Balaban J connectivity index is 0.000000244. The summed E-state index contributed by atoms with van der Waals surface area (Å²) in [5.74, 6) is -1.17. The van der Waals surface area contributed by atoms with Gasteiger partial charge in [0.2, 0.25) is 18.2 Å². The third-order valence-corrected chi connectivity index (χ3v) is 10.7. The van der Waals surface area contributed by atoms with Gasteiger partial charge in [-0.15, -0.1) is 6.58 Å². The SMILES string of the molecule is C1CCCCC1.C=C[C@H](C)C(NC(=O)C1CCCN1C(=O)CNC=O)C(=O)NSC1CC1.COC(C)CCCCc1ccc2cc[nH]c(=O)c2c1. The number of likely N-dealkylation sites (tertiary alicyclic amines) is 1. The minimum absolute atomic E-state index is 0.00708. The zero-order valence-corrected chi connectivity index (χ0v) is 31.6. The van der Waals surface area contributed by atoms with E-state index < -0.39 is 12.1 Å². The van der Waals surface area contributed by atoms with E-state index in [1.165, 1.54) is 60.9 Å². The average Bonchev–Trinajstić information content (AvgIpc) is 3.87. The molecule has 12 heteroatoms. The summed E-state index contributed by atoms with van der Waals surface area (Å²) in [5.41, 5.74) is 1.22. The predicted octanol–water partition coefficient (Wildman–Crippen LogP) is 5.57. The van der Waals surface area contributed by atoms with E-state index in [1.54, 1.807) is 19.4 Å². The normalized spacial score (nSPS) is 18.5. The summed E-state index contributed by atoms with van der Waals surface area (Å²) in [6, 6.07) is 6.71. The van der Waals surface area contributed by atoms with Crippen molar-refractivity contribution in [1.29, 1.82) is 0 Å². The summed E-state index contributed by atoms with van der Waals surface area (Å²) in [4.78, 5) is 63.6. The second kappa shape index (κ2) is 23.0. The van der Waals surface area contributed by atoms with E-state index in [9.17, 15) is 24.0 Å². The minimum Gasteiger partial charge on any atom is -0.382 e. The lowest BCUT2D eigenvalue weighted by Gasteiger charge is -2.27. The lowest BCUT2D eigenvalue weighted by Crippen LogP contribution is -2.55. The molecule has 2 saturated carbocycles. The standard InChI is InChI=1S/C17H26N4O4S.C16H21NO2.C6H12/c1-3-11(2)15(17(25)20-26-12-6-7-12)19-16(24)13-5-4-8-21(13)14(23)9-18-10-22;1-12(19-2)5-3-4-6-13-7-8-14-9-10-17-16(18)15(14)11-13;1-2-4-6-5-3-1/h3,10-13,15H,1,4-9H2,2H3,(H,18,22)(H,19,24)(H,20,25);7-12H,3-6H2,1-2H3,(H,17,18);1-6H2/t11-,13?,15?;;/m0../s1. The van der Waals surface area contributed by atoms with E-state index in [-0.39, 0.29) is 35.7 Å². The van der Waals surface area contributed by atoms with Gasteiger partial charge >= 0.3 is 0 Å². The number of aromatic amines is 1. The highest BCUT2D eigenvalue weighted by atomic mass is 32.2. The number of nitrogens with zero attached hydrogens (tertiary/aromatic N) is 1. The van der Waals surface area contributed by atoms with Crippen LogP contribution in [0.25, 0.3) is 10.8 Å². The van der Waals surface area contributed by atoms with E-state index in [1.807, 2.05) is 25.1 Å². The van der Waals surface area contributed by atoms with Gasteiger partial charge in [0.15, 0.2) is 0 Å². The molecular weight excluding hydrogens is 667 g/mol. The smallest absolute Gasteiger partial charge is 0.255 e. The molecule has 4 amide bonds. The zero-order valence-electron chi connectivity index (χ0n) is 30.8. The first-order valence-electron chi connectivity index (χ1n) is 18.7. The van der Waals surface area contributed by atoms with E-state index in [0.29, 0.717) is 37.2 Å². The van der Waals surface area contributed by atoms with Crippen molar-refractivity contribution >= 4 is 46.9 Å². The van der Waals surface area contributed by atoms with Crippen LogP contribution >= 0.6 is 11.9 Å². The first kappa shape index (κ1) is 41.8. The number of aryl methyl sites for hydroxylation is 1. The highest BCUT2D eigenvalue weighted by Gasteiger charge is 2.37. The van der Waals surface area contributed by atoms with Crippen LogP contribution in [0.5, 0.6) is 0 Å². The fourth-order valence-electron chi connectivity index (χ4n) is 6.11. The van der Waals surface area contributed by atoms with E-state index in [4.69, 9.17) is 4.74 Å². The number of pyridine rings is 1. The van der Waals surface area contributed by atoms with Crippen LogP contribution in [-0.4, -0.2) is 77.7 Å². The third kappa shape index (κ3) is 14.9. The number of unbranched alkanes of at least 4 members (excludes halogenated alkanes) is 1. The maximum absolute atomic E-state index is 12.7. The molecule has 3 aliphatic rings. The molecule has 1 aromatic heterocycles. The second-order valence-corrected chi connectivity index (χ2v) is 14.9. The van der Waals surface area contributed by atoms with Gasteiger partial charge in [-0.25, -0.2) is 0 Å². The molecule has 3 unspecified atom stereocenters. The number of hydrogen-bond acceptors (Lipinski definition) is 7. The Hall–Kier alpha value is -3.64. The third-order valence-electron chi connectivity index (χ3n) is 9.61. The highest BCUT2D eigenvalue weighted by Crippen LogP contribution is 2.32. The molecule has 11 nitrogen and oxygen atoms in total. The number of ether oxygens (including phenoxy) is 1. The number of benzene rings is 1. The molecule has 1 saturated heterocycles. The van der Waals surface area contributed by atoms with Gasteiger partial charge in [-0.2, -0.15) is 0 Å². The summed E-state index contributed by atoms with van der Waals surface area (Å²) in [6.07, 6.45) is 20.9. The molecular formula is C39H59N5O6S. The number of rotatable bonds is 16. The number of carbonyl (C=O) groups excluding carboxylic acids is 4. The molecule has 0 spiro atoms. The molecule has 2 heterocycles. The van der Waals surface area contributed by atoms with Crippen molar-refractivity contribution in [1.82, 2.24) is 25.2 Å². The minimum atomic E-state index is -0.739. The van der Waals surface area contributed by atoms with Crippen molar-refractivity contribution in [2.75, 3.05) is 20.2 Å². The van der Waals surface area contributed by atoms with Crippen molar-refractivity contribution in [3.05, 3.63) is 59.0 Å². The van der Waals surface area contributed by atoms with E-state index in [2.05, 4.69) is 39.9 Å². The van der Waals surface area contributed by atoms with Crippen molar-refractivity contribution in [3.8, 4) is 0 Å². The van der Waals surface area contributed by atoms with Gasteiger partial charge in [0.1, 0.15) is 12.1 Å². The number of nitrogens with one attached hydrogen (secondary N) is 4. The molecule has 4 N–H and O–H groups in total. The lowest BCUT2D eigenvalue weighted by atomic mass is 10.0. The molecule has 2 aliphatic carbocycles. The molecule has 0 radical (unpaired) electrons. The van der Waals surface area contributed by atoms with Gasteiger partial charge in [0.05, 0.1) is 12.6 Å². The summed E-state index contributed by atoms with van der Waals surface area (Å²) in [5, 5.41) is 7.34. The van der Waals surface area contributed by atoms with Crippen LogP contribution in [0.1, 0.15) is 103 Å². The summed E-state index contributed by atoms with van der Waals surface area (Å²) < 4.78 is 8.03. The molecule has 5 rings (SSSR count). The molecule has 1 aliphatic heterocycles. The number of aromatic nitrogens is 1. The number of methoxy groups -OCH3 is 1. The van der Waals surface area contributed by atoms with Crippen LogP contribution in [0, 0.1) is 5.92 Å². The number of carbonyl (C=O) groups is 4. The van der Waals surface area contributed by atoms with Crippen LogP contribution in [0.3, 0.4) is 0 Å². The number of hydrogen-bond donors (Lipinski definition) is 4. The molecule has 1 aromatic carbocycles. The quantitative estimate of drug-likeness (QED) is 0.0765. The van der Waals surface area contributed by atoms with Crippen LogP contribution in [0.15, 0.2) is 47.9 Å². The predicted molar refractivity (Wildman–Crippen MR) is 205 cm³/mol. The molecule has 282 valence electrons. The fourth-order valence-corrected chi connectivity index (χ4v) is 6.89. The Labute approximate surface area is 307 Å². The first-order valence-corrected chi connectivity index (χ1v) is 19.5. The van der Waals surface area contributed by atoms with E-state index in [0.717, 1.165) is 49.3 Å². The van der Waals surface area contributed by atoms with E-state index >= 15 is 0 Å². The topological polar surface area (TPSA) is 150 Å². The summed E-state index contributed by atoms with van der Waals surface area (Å²) in [6.45, 7) is 7.93. The van der Waals surface area contributed by atoms with Gasteiger partial charge in [0, 0.05) is 36.4 Å². The van der Waals surface area contributed by atoms with Gasteiger partial charge < -0.3 is 25.3 Å². The fraction of sp³-hybridized carbons (Fsp3) is 0.615. The summed E-state index contributed by atoms with van der Waals surface area (Å²) >= 11 is 1.39. The first-order chi connectivity index (χ1) is 24.7. The highest BCUT2D eigenvalue weighted by molar-refractivity contribution is 7.98. The van der Waals surface area contributed by atoms with Crippen LogP contribution < -0.4 is 20.9 Å². The van der Waals surface area contributed by atoms with Gasteiger partial charge in [-0.1, -0.05) is 70.1 Å². The molecule has 0 bridgehead atoms. The van der Waals surface area contributed by atoms with Gasteiger partial charge in [-0.05, 0) is 86.9 Å². The van der Waals surface area contributed by atoms with Crippen molar-refractivity contribution in [2.24, 2.45) is 5.92 Å². The monoisotopic (exact) mass is 725 g/mol. The molecule has 2 aromatic rings. The van der Waals surface area contributed by atoms with Crippen molar-refractivity contribution in [3.63, 3.8) is 0 Å². The Morgan fingerprint density at radius 1 is 1.04 bits per heavy atom. The average molecular weight is 726 g/mol. The zero-order chi connectivity index (χ0) is 37.0. The van der Waals surface area contributed by atoms with Crippen LogP contribution in [-0.2, 0) is 30.3 Å². The Kier molecular flexibility index (Phi) is 18.9. The number of fused-ring (bicyclic) bond motifs is 1. The Morgan fingerprint density at radius 3 is 2.37 bits per heavy atom. The Morgan fingerprint density at radius 2 is 1.75 bits per heavy atom. The van der Waals surface area contributed by atoms with Crippen LogP contribution in [0.4, 0.5) is 0 Å². The summed E-state index contributed by atoms with van der Waals surface area (Å²) in [7, 11) is 1.75. The van der Waals surface area contributed by atoms with Crippen molar-refractivity contribution < 1.29 is 23.9 Å². The maximum atomic E-state index is 12.7. The molecule has 51 heavy (non-hydrogen) atoms. The Bertz CT molecular complexity index is 1450. The molecule has 4 atom stereocenters. The van der Waals surface area contributed by atoms with Gasteiger partial charge in [0.25, 0.3) is 11.5 Å². The van der Waals surface area contributed by atoms with Crippen LogP contribution in [0.2, 0.25) is 0 Å². The largest absolute Gasteiger partial charge is 0.382 e. The number of H-pyrrole nitrogens is 1. The van der Waals surface area contributed by atoms with Crippen molar-refractivity contribution in [2.45, 2.75) is 127 Å². The van der Waals surface area contributed by atoms with Gasteiger partial charge in [-0.3, -0.25) is 28.7 Å². The second-order valence-electron chi connectivity index (χ2n) is 13.8.